The number of likely N-dealkylation sites (N-methyl/N-ethyl adjacent to an activating group) is 1. The van der Waals surface area contributed by atoms with Gasteiger partial charge < -0.3 is 15.0 Å². The molecule has 4 aromatic rings. The number of aliphatic hydroxyl groups is 1. The number of piperidine rings is 1. The van der Waals surface area contributed by atoms with Crippen LogP contribution in [0.25, 0.3) is 16.6 Å². The standard InChI is InChI=1S/C27H34N6O/c1-31(18-22-6-3-2-4-7-22)19-27(34)11-14-32(15-12-27)13-5-8-23-17-28-26-10-9-24(16-25(23)26)33-20-29-30-21-33/h2-4,6-7,9-10,16-17,20-21,28,34H,5,8,11-15,18-19H2,1H3. The maximum absolute atomic E-state index is 11.2. The normalized spacial score (nSPS) is 16.4. The van der Waals surface area contributed by atoms with Crippen molar-refractivity contribution in [1.82, 2.24) is 29.5 Å². The number of aromatic nitrogens is 4. The van der Waals surface area contributed by atoms with Gasteiger partial charge >= 0.3 is 0 Å². The number of benzene rings is 2. The summed E-state index contributed by atoms with van der Waals surface area (Å²) in [4.78, 5) is 8.15. The van der Waals surface area contributed by atoms with Crippen LogP contribution in [0.5, 0.6) is 0 Å². The van der Waals surface area contributed by atoms with E-state index in [-0.39, 0.29) is 0 Å². The lowest BCUT2D eigenvalue weighted by Crippen LogP contribution is -2.50. The molecule has 0 atom stereocenters. The molecular formula is C27H34N6O. The van der Waals surface area contributed by atoms with E-state index in [1.807, 2.05) is 10.6 Å². The first-order valence-corrected chi connectivity index (χ1v) is 12.2. The zero-order chi connectivity index (χ0) is 23.4. The molecular weight excluding hydrogens is 424 g/mol. The van der Waals surface area contributed by atoms with Crippen molar-refractivity contribution in [3.05, 3.63) is 78.5 Å². The molecule has 3 heterocycles. The molecule has 1 aliphatic heterocycles. The Labute approximate surface area is 201 Å². The molecule has 0 unspecified atom stereocenters. The molecule has 0 saturated carbocycles. The maximum atomic E-state index is 11.2. The van der Waals surface area contributed by atoms with E-state index < -0.39 is 5.60 Å². The molecule has 0 radical (unpaired) electrons. The van der Waals surface area contributed by atoms with Gasteiger partial charge in [-0.1, -0.05) is 30.3 Å². The first kappa shape index (κ1) is 22.8. The van der Waals surface area contributed by atoms with Crippen molar-refractivity contribution in [3.8, 4) is 5.69 Å². The van der Waals surface area contributed by atoms with E-state index in [0.29, 0.717) is 0 Å². The van der Waals surface area contributed by atoms with Crippen LogP contribution in [0.15, 0.2) is 67.4 Å². The van der Waals surface area contributed by atoms with Crippen molar-refractivity contribution in [3.63, 3.8) is 0 Å². The average molecular weight is 459 g/mol. The molecule has 2 aromatic carbocycles. The second-order valence-corrected chi connectivity index (χ2v) is 9.74. The van der Waals surface area contributed by atoms with Gasteiger partial charge in [0.15, 0.2) is 0 Å². The van der Waals surface area contributed by atoms with Gasteiger partial charge in [-0.05, 0) is 68.6 Å². The quantitative estimate of drug-likeness (QED) is 0.401. The van der Waals surface area contributed by atoms with Gasteiger partial charge in [0.2, 0.25) is 0 Å². The third kappa shape index (κ3) is 5.38. The lowest BCUT2D eigenvalue weighted by Gasteiger charge is -2.40. The lowest BCUT2D eigenvalue weighted by molar-refractivity contribution is -0.0423. The molecule has 2 aromatic heterocycles. The van der Waals surface area contributed by atoms with E-state index in [2.05, 4.69) is 80.7 Å². The van der Waals surface area contributed by atoms with Gasteiger partial charge in [0.25, 0.3) is 0 Å². The third-order valence-corrected chi connectivity index (χ3v) is 7.03. The van der Waals surface area contributed by atoms with E-state index in [4.69, 9.17) is 0 Å². The van der Waals surface area contributed by atoms with E-state index in [1.165, 1.54) is 16.5 Å². The number of hydrogen-bond acceptors (Lipinski definition) is 5. The average Bonchev–Trinajstić information content (AvgIpc) is 3.51. The Morgan fingerprint density at radius 1 is 1.06 bits per heavy atom. The highest BCUT2D eigenvalue weighted by Crippen LogP contribution is 2.25. The minimum Gasteiger partial charge on any atom is -0.388 e. The minimum absolute atomic E-state index is 0.588. The first-order chi connectivity index (χ1) is 16.6. The summed E-state index contributed by atoms with van der Waals surface area (Å²) in [5.41, 5.74) is 4.29. The van der Waals surface area contributed by atoms with E-state index in [1.54, 1.807) is 12.7 Å². The number of nitrogens with zero attached hydrogens (tertiary/aromatic N) is 5. The Morgan fingerprint density at radius 3 is 2.59 bits per heavy atom. The van der Waals surface area contributed by atoms with Gasteiger partial charge in [-0.3, -0.25) is 9.47 Å². The smallest absolute Gasteiger partial charge is 0.123 e. The second kappa shape index (κ2) is 10.1. The summed E-state index contributed by atoms with van der Waals surface area (Å²) in [6.07, 6.45) is 9.40. The predicted molar refractivity (Wildman–Crippen MR) is 135 cm³/mol. The highest BCUT2D eigenvalue weighted by Gasteiger charge is 2.33. The number of hydrogen-bond donors (Lipinski definition) is 2. The Morgan fingerprint density at radius 2 is 1.82 bits per heavy atom. The molecule has 7 heteroatoms. The molecule has 34 heavy (non-hydrogen) atoms. The van der Waals surface area contributed by atoms with Crippen LogP contribution >= 0.6 is 0 Å². The fraction of sp³-hybridized carbons (Fsp3) is 0.407. The highest BCUT2D eigenvalue weighted by atomic mass is 16.3. The number of fused-ring (bicyclic) bond motifs is 1. The summed E-state index contributed by atoms with van der Waals surface area (Å²) < 4.78 is 1.93. The summed E-state index contributed by atoms with van der Waals surface area (Å²) in [7, 11) is 2.10. The summed E-state index contributed by atoms with van der Waals surface area (Å²) in [5, 5.41) is 20.2. The SMILES string of the molecule is CN(Cc1ccccc1)CC1(O)CCN(CCCc2c[nH]c3ccc(-n4cnnc4)cc23)CC1. The molecule has 1 aliphatic rings. The van der Waals surface area contributed by atoms with Crippen LogP contribution in [-0.4, -0.2) is 73.5 Å². The van der Waals surface area contributed by atoms with Gasteiger partial charge in [0, 0.05) is 49.0 Å². The first-order valence-electron chi connectivity index (χ1n) is 12.2. The molecule has 0 amide bonds. The van der Waals surface area contributed by atoms with Gasteiger partial charge in [0.05, 0.1) is 5.60 Å². The van der Waals surface area contributed by atoms with Gasteiger partial charge in [-0.15, -0.1) is 10.2 Å². The number of nitrogens with one attached hydrogen (secondary N) is 1. The Kier molecular flexibility index (Phi) is 6.76. The molecule has 178 valence electrons. The van der Waals surface area contributed by atoms with Crippen LogP contribution in [0, 0.1) is 0 Å². The third-order valence-electron chi connectivity index (χ3n) is 7.03. The molecule has 1 fully saturated rings. The molecule has 5 rings (SSSR count). The summed E-state index contributed by atoms with van der Waals surface area (Å²) in [6.45, 7) is 4.58. The zero-order valence-corrected chi connectivity index (χ0v) is 19.9. The van der Waals surface area contributed by atoms with Crippen molar-refractivity contribution in [2.45, 2.75) is 37.8 Å². The van der Waals surface area contributed by atoms with Crippen LogP contribution in [0.3, 0.4) is 0 Å². The Bertz CT molecular complexity index is 1180. The number of aryl methyl sites for hydroxylation is 1. The topological polar surface area (TPSA) is 73.2 Å². The largest absolute Gasteiger partial charge is 0.388 e. The molecule has 0 aliphatic carbocycles. The monoisotopic (exact) mass is 458 g/mol. The number of aromatic amines is 1. The fourth-order valence-corrected chi connectivity index (χ4v) is 5.17. The Hall–Kier alpha value is -3.00. The van der Waals surface area contributed by atoms with Gasteiger partial charge in [-0.25, -0.2) is 0 Å². The van der Waals surface area contributed by atoms with Crippen molar-refractivity contribution in [2.24, 2.45) is 0 Å². The molecule has 0 bridgehead atoms. The fourth-order valence-electron chi connectivity index (χ4n) is 5.17. The number of likely N-dealkylation sites (tertiary alicyclic amines) is 1. The molecule has 2 N–H and O–H groups in total. The molecule has 0 spiro atoms. The summed E-state index contributed by atoms with van der Waals surface area (Å²) in [5.74, 6) is 0. The van der Waals surface area contributed by atoms with E-state index in [9.17, 15) is 5.11 Å². The van der Waals surface area contributed by atoms with E-state index >= 15 is 0 Å². The van der Waals surface area contributed by atoms with Crippen molar-refractivity contribution in [1.29, 1.82) is 0 Å². The van der Waals surface area contributed by atoms with Crippen molar-refractivity contribution in [2.75, 3.05) is 33.2 Å². The number of rotatable bonds is 9. The highest BCUT2D eigenvalue weighted by molar-refractivity contribution is 5.85. The predicted octanol–water partition coefficient (Wildman–Crippen LogP) is 3.64. The van der Waals surface area contributed by atoms with Crippen LogP contribution in [-0.2, 0) is 13.0 Å². The molecule has 7 nitrogen and oxygen atoms in total. The van der Waals surface area contributed by atoms with Crippen molar-refractivity contribution >= 4 is 10.9 Å². The minimum atomic E-state index is -0.588. The van der Waals surface area contributed by atoms with Crippen LogP contribution in [0.1, 0.15) is 30.4 Å². The lowest BCUT2D eigenvalue weighted by atomic mass is 9.90. The summed E-state index contributed by atoms with van der Waals surface area (Å²) >= 11 is 0. The number of H-pyrrole nitrogens is 1. The van der Waals surface area contributed by atoms with Crippen molar-refractivity contribution < 1.29 is 5.11 Å². The maximum Gasteiger partial charge on any atom is 0.123 e. The second-order valence-electron chi connectivity index (χ2n) is 9.74. The van der Waals surface area contributed by atoms with Gasteiger partial charge in [0.1, 0.15) is 12.7 Å². The van der Waals surface area contributed by atoms with Crippen LogP contribution < -0.4 is 0 Å². The Balaban J connectivity index is 1.10. The molecule has 1 saturated heterocycles. The van der Waals surface area contributed by atoms with Crippen LogP contribution in [0.4, 0.5) is 0 Å². The van der Waals surface area contributed by atoms with Crippen LogP contribution in [0.2, 0.25) is 0 Å². The van der Waals surface area contributed by atoms with Gasteiger partial charge in [-0.2, -0.15) is 0 Å². The zero-order valence-electron chi connectivity index (χ0n) is 19.9. The van der Waals surface area contributed by atoms with E-state index in [0.717, 1.165) is 69.6 Å². The summed E-state index contributed by atoms with van der Waals surface area (Å²) in [6, 6.07) is 16.9.